The first-order valence-corrected chi connectivity index (χ1v) is 6.90. The molecule has 0 aromatic rings. The van der Waals surface area contributed by atoms with Crippen molar-refractivity contribution in [3.8, 4) is 0 Å². The summed E-state index contributed by atoms with van der Waals surface area (Å²) in [6, 6.07) is 0. The Morgan fingerprint density at radius 3 is 2.80 bits per heavy atom. The zero-order chi connectivity index (χ0) is 15.0. The molecule has 0 aromatic heterocycles. The van der Waals surface area contributed by atoms with Crippen LogP contribution in [0.25, 0.3) is 0 Å². The Bertz CT molecular complexity index is 407. The normalized spacial score (nSPS) is 26.3. The van der Waals surface area contributed by atoms with E-state index in [4.69, 9.17) is 15.2 Å². The second-order valence-electron chi connectivity index (χ2n) is 6.37. The molecule has 2 amide bonds. The number of amides is 2. The van der Waals surface area contributed by atoms with Gasteiger partial charge in [-0.15, -0.1) is 0 Å². The fourth-order valence-electron chi connectivity index (χ4n) is 2.68. The third-order valence-corrected chi connectivity index (χ3v) is 3.59. The van der Waals surface area contributed by atoms with Crippen LogP contribution in [0.1, 0.15) is 27.2 Å². The number of likely N-dealkylation sites (tertiary alicyclic amines) is 1. The van der Waals surface area contributed by atoms with Gasteiger partial charge >= 0.3 is 12.2 Å². The number of hydrogen-bond donors (Lipinski definition) is 1. The standard InChI is InChI=1S/C13H23N3O4/c1-12(2,3)20-10(17)15-6-4-13(8-15)9-19-11(18)16(13)7-5-14/h4-9,14H2,1-3H3. The van der Waals surface area contributed by atoms with Crippen LogP contribution in [0.15, 0.2) is 0 Å². The second kappa shape index (κ2) is 5.12. The second-order valence-corrected chi connectivity index (χ2v) is 6.37. The average molecular weight is 285 g/mol. The summed E-state index contributed by atoms with van der Waals surface area (Å²) in [6.45, 7) is 7.63. The zero-order valence-electron chi connectivity index (χ0n) is 12.3. The Morgan fingerprint density at radius 1 is 1.50 bits per heavy atom. The summed E-state index contributed by atoms with van der Waals surface area (Å²) in [5, 5.41) is 0. The summed E-state index contributed by atoms with van der Waals surface area (Å²) in [4.78, 5) is 27.1. The molecule has 2 N–H and O–H groups in total. The molecule has 7 heteroatoms. The van der Waals surface area contributed by atoms with Crippen molar-refractivity contribution in [1.29, 1.82) is 0 Å². The van der Waals surface area contributed by atoms with Crippen LogP contribution in [0.3, 0.4) is 0 Å². The smallest absolute Gasteiger partial charge is 0.410 e. The Kier molecular flexibility index (Phi) is 3.82. The number of rotatable bonds is 2. The topological polar surface area (TPSA) is 85.1 Å². The van der Waals surface area contributed by atoms with Gasteiger partial charge in [0, 0.05) is 19.6 Å². The summed E-state index contributed by atoms with van der Waals surface area (Å²) in [6.07, 6.45) is 0.000694. The van der Waals surface area contributed by atoms with E-state index in [9.17, 15) is 9.59 Å². The highest BCUT2D eigenvalue weighted by Crippen LogP contribution is 2.34. The highest BCUT2D eigenvalue weighted by atomic mass is 16.6. The van der Waals surface area contributed by atoms with Gasteiger partial charge in [0.15, 0.2) is 0 Å². The maximum Gasteiger partial charge on any atom is 0.410 e. The quantitative estimate of drug-likeness (QED) is 0.810. The summed E-state index contributed by atoms with van der Waals surface area (Å²) in [7, 11) is 0. The molecule has 2 aliphatic rings. The van der Waals surface area contributed by atoms with Crippen LogP contribution >= 0.6 is 0 Å². The van der Waals surface area contributed by atoms with Crippen LogP contribution in [0.4, 0.5) is 9.59 Å². The van der Waals surface area contributed by atoms with Crippen LogP contribution in [-0.2, 0) is 9.47 Å². The van der Waals surface area contributed by atoms with Gasteiger partial charge < -0.3 is 20.1 Å². The lowest BCUT2D eigenvalue weighted by Gasteiger charge is -2.31. The number of cyclic esters (lactones) is 1. The van der Waals surface area contributed by atoms with E-state index in [-0.39, 0.29) is 12.2 Å². The molecule has 0 saturated carbocycles. The minimum atomic E-state index is -0.522. The van der Waals surface area contributed by atoms with Gasteiger partial charge in [0.25, 0.3) is 0 Å². The van der Waals surface area contributed by atoms with Gasteiger partial charge in [-0.25, -0.2) is 9.59 Å². The lowest BCUT2D eigenvalue weighted by molar-refractivity contribution is 0.0266. The van der Waals surface area contributed by atoms with Crippen LogP contribution in [0, 0.1) is 0 Å². The summed E-state index contributed by atoms with van der Waals surface area (Å²) < 4.78 is 10.5. The molecule has 114 valence electrons. The van der Waals surface area contributed by atoms with Gasteiger partial charge in [-0.3, -0.25) is 4.90 Å². The molecule has 2 aliphatic heterocycles. The Hall–Kier alpha value is -1.50. The molecule has 0 aliphatic carbocycles. The predicted octanol–water partition coefficient (Wildman–Crippen LogP) is 0.777. The summed E-state index contributed by atoms with van der Waals surface area (Å²) >= 11 is 0. The van der Waals surface area contributed by atoms with E-state index < -0.39 is 11.1 Å². The maximum atomic E-state index is 12.1. The van der Waals surface area contributed by atoms with Crippen molar-refractivity contribution < 1.29 is 19.1 Å². The van der Waals surface area contributed by atoms with E-state index >= 15 is 0 Å². The van der Waals surface area contributed by atoms with Crippen molar-refractivity contribution in [2.45, 2.75) is 38.3 Å². The highest BCUT2D eigenvalue weighted by molar-refractivity contribution is 5.73. The average Bonchev–Trinajstić information content (AvgIpc) is 2.88. The minimum Gasteiger partial charge on any atom is -0.447 e. The van der Waals surface area contributed by atoms with Crippen molar-refractivity contribution >= 4 is 12.2 Å². The molecule has 2 saturated heterocycles. The summed E-state index contributed by atoms with van der Waals surface area (Å²) in [5.74, 6) is 0. The Labute approximate surface area is 119 Å². The molecule has 7 nitrogen and oxygen atoms in total. The third kappa shape index (κ3) is 2.82. The fraction of sp³-hybridized carbons (Fsp3) is 0.846. The van der Waals surface area contributed by atoms with Gasteiger partial charge in [0.2, 0.25) is 0 Å². The molecular formula is C13H23N3O4. The van der Waals surface area contributed by atoms with Crippen LogP contribution in [0.2, 0.25) is 0 Å². The molecule has 1 spiro atoms. The third-order valence-electron chi connectivity index (χ3n) is 3.59. The first-order chi connectivity index (χ1) is 9.27. The minimum absolute atomic E-state index is 0.311. The number of carbonyl (C=O) groups excluding carboxylic acids is 2. The molecule has 2 fully saturated rings. The number of carbonyl (C=O) groups is 2. The van der Waals surface area contributed by atoms with E-state index in [0.29, 0.717) is 39.2 Å². The molecule has 2 rings (SSSR count). The molecule has 1 atom stereocenters. The number of hydrogen-bond acceptors (Lipinski definition) is 5. The lowest BCUT2D eigenvalue weighted by atomic mass is 9.99. The van der Waals surface area contributed by atoms with E-state index in [0.717, 1.165) is 0 Å². The highest BCUT2D eigenvalue weighted by Gasteiger charge is 2.52. The van der Waals surface area contributed by atoms with Crippen molar-refractivity contribution in [2.75, 3.05) is 32.8 Å². The largest absolute Gasteiger partial charge is 0.447 e. The molecule has 2 heterocycles. The predicted molar refractivity (Wildman–Crippen MR) is 72.3 cm³/mol. The molecular weight excluding hydrogens is 262 g/mol. The zero-order valence-corrected chi connectivity index (χ0v) is 12.3. The molecule has 20 heavy (non-hydrogen) atoms. The molecule has 0 radical (unpaired) electrons. The van der Waals surface area contributed by atoms with Gasteiger partial charge in [-0.1, -0.05) is 0 Å². The van der Waals surface area contributed by atoms with Crippen molar-refractivity contribution in [3.63, 3.8) is 0 Å². The van der Waals surface area contributed by atoms with Crippen molar-refractivity contribution in [1.82, 2.24) is 9.80 Å². The van der Waals surface area contributed by atoms with E-state index in [1.807, 2.05) is 20.8 Å². The van der Waals surface area contributed by atoms with Crippen LogP contribution in [-0.4, -0.2) is 65.9 Å². The summed E-state index contributed by atoms with van der Waals surface area (Å²) in [5.41, 5.74) is 4.59. The lowest BCUT2D eigenvalue weighted by Crippen LogP contribution is -2.51. The van der Waals surface area contributed by atoms with Gasteiger partial charge in [-0.2, -0.15) is 0 Å². The van der Waals surface area contributed by atoms with Crippen LogP contribution < -0.4 is 5.73 Å². The monoisotopic (exact) mass is 285 g/mol. The number of ether oxygens (including phenoxy) is 2. The van der Waals surface area contributed by atoms with Gasteiger partial charge in [0.05, 0.1) is 12.1 Å². The number of nitrogens with zero attached hydrogens (tertiary/aromatic N) is 2. The van der Waals surface area contributed by atoms with E-state index in [1.165, 1.54) is 0 Å². The van der Waals surface area contributed by atoms with Gasteiger partial charge in [0.1, 0.15) is 12.2 Å². The first-order valence-electron chi connectivity index (χ1n) is 6.90. The van der Waals surface area contributed by atoms with Crippen molar-refractivity contribution in [3.05, 3.63) is 0 Å². The van der Waals surface area contributed by atoms with E-state index in [1.54, 1.807) is 9.80 Å². The molecule has 0 aromatic carbocycles. The number of nitrogens with two attached hydrogens (primary N) is 1. The first kappa shape index (κ1) is 14.9. The van der Waals surface area contributed by atoms with Gasteiger partial charge in [-0.05, 0) is 27.2 Å². The van der Waals surface area contributed by atoms with Crippen molar-refractivity contribution in [2.24, 2.45) is 5.73 Å². The molecule has 1 unspecified atom stereocenters. The SMILES string of the molecule is CC(C)(C)OC(=O)N1CCC2(COC(=O)N2CCN)C1. The maximum absolute atomic E-state index is 12.1. The Morgan fingerprint density at radius 2 is 2.20 bits per heavy atom. The Balaban J connectivity index is 2.04. The van der Waals surface area contributed by atoms with E-state index in [2.05, 4.69) is 0 Å². The fourth-order valence-corrected chi connectivity index (χ4v) is 2.68. The molecule has 0 bridgehead atoms. The van der Waals surface area contributed by atoms with Crippen LogP contribution in [0.5, 0.6) is 0 Å².